The van der Waals surface area contributed by atoms with Crippen LogP contribution in [0.5, 0.6) is 0 Å². The molecule has 0 radical (unpaired) electrons. The van der Waals surface area contributed by atoms with Gasteiger partial charge in [0.1, 0.15) is 4.88 Å². The third-order valence-electron chi connectivity index (χ3n) is 3.39. The summed E-state index contributed by atoms with van der Waals surface area (Å²) in [7, 11) is -3.23. The van der Waals surface area contributed by atoms with Gasteiger partial charge in [-0.3, -0.25) is 4.79 Å². The largest absolute Gasteiger partial charge is 0.374 e. The first-order chi connectivity index (χ1) is 10.8. The number of anilines is 1. The lowest BCUT2D eigenvalue weighted by atomic mass is 10.3. The highest BCUT2D eigenvalue weighted by Gasteiger charge is 2.27. The van der Waals surface area contributed by atoms with Crippen molar-refractivity contribution in [2.24, 2.45) is 0 Å². The summed E-state index contributed by atoms with van der Waals surface area (Å²) in [4.78, 5) is 17.1. The third kappa shape index (κ3) is 4.87. The van der Waals surface area contributed by atoms with Crippen molar-refractivity contribution in [3.8, 4) is 0 Å². The molecule has 1 unspecified atom stereocenters. The Balaban J connectivity index is 1.91. The van der Waals surface area contributed by atoms with Gasteiger partial charge in [0.15, 0.2) is 5.13 Å². The molecule has 1 amide bonds. The molecule has 0 bridgehead atoms. The van der Waals surface area contributed by atoms with Crippen LogP contribution in [0.2, 0.25) is 0 Å². The minimum atomic E-state index is -3.23. The van der Waals surface area contributed by atoms with E-state index in [2.05, 4.69) is 15.6 Å². The molecule has 1 aliphatic heterocycles. The van der Waals surface area contributed by atoms with Gasteiger partial charge in [-0.15, -0.1) is 0 Å². The molecule has 2 rings (SSSR count). The Labute approximate surface area is 140 Å². The summed E-state index contributed by atoms with van der Waals surface area (Å²) in [6, 6.07) is 0. The minimum Gasteiger partial charge on any atom is -0.374 e. The van der Waals surface area contributed by atoms with Crippen LogP contribution >= 0.6 is 11.3 Å². The van der Waals surface area contributed by atoms with E-state index in [1.165, 1.54) is 21.9 Å². The van der Waals surface area contributed by atoms with Crippen molar-refractivity contribution in [1.82, 2.24) is 14.6 Å². The Morgan fingerprint density at radius 1 is 1.52 bits per heavy atom. The van der Waals surface area contributed by atoms with Crippen LogP contribution in [0.4, 0.5) is 5.13 Å². The van der Waals surface area contributed by atoms with Gasteiger partial charge in [-0.25, -0.2) is 13.4 Å². The molecule has 0 aliphatic carbocycles. The summed E-state index contributed by atoms with van der Waals surface area (Å²) in [6.45, 7) is 5.69. The van der Waals surface area contributed by atoms with Crippen LogP contribution in [0, 0.1) is 6.92 Å². The van der Waals surface area contributed by atoms with E-state index < -0.39 is 10.0 Å². The lowest BCUT2D eigenvalue weighted by Gasteiger charge is -2.31. The fraction of sp³-hybridized carbons (Fsp3) is 0.692. The first-order valence-corrected chi connectivity index (χ1v) is 10.0. The second kappa shape index (κ2) is 7.56. The standard InChI is InChI=1S/C13H22N4O4S2/c1-4-14-13-16-9(2)11(22-13)12(18)15-7-10-8-17(5-6-21-10)23(3,19)20/h10H,4-8H2,1-3H3,(H,14,16)(H,15,18). The summed E-state index contributed by atoms with van der Waals surface area (Å²) < 4.78 is 30.0. The highest BCUT2D eigenvalue weighted by atomic mass is 32.2. The highest BCUT2D eigenvalue weighted by Crippen LogP contribution is 2.22. The number of rotatable bonds is 6. The molecule has 1 aromatic rings. The molecule has 1 saturated heterocycles. The third-order valence-corrected chi connectivity index (χ3v) is 5.78. The van der Waals surface area contributed by atoms with Gasteiger partial charge in [0, 0.05) is 26.2 Å². The lowest BCUT2D eigenvalue weighted by molar-refractivity contribution is 0.000455. The van der Waals surface area contributed by atoms with E-state index in [-0.39, 0.29) is 25.1 Å². The maximum Gasteiger partial charge on any atom is 0.263 e. The molecule has 1 aromatic heterocycles. The molecule has 0 aromatic carbocycles. The normalized spacial score (nSPS) is 19.5. The zero-order valence-corrected chi connectivity index (χ0v) is 15.1. The minimum absolute atomic E-state index is 0.218. The van der Waals surface area contributed by atoms with Crippen molar-refractivity contribution in [2.75, 3.05) is 44.4 Å². The Kier molecular flexibility index (Phi) is 5.95. The van der Waals surface area contributed by atoms with Gasteiger partial charge in [0.05, 0.1) is 24.7 Å². The van der Waals surface area contributed by atoms with E-state index in [1.54, 1.807) is 6.92 Å². The number of nitrogens with one attached hydrogen (secondary N) is 2. The average Bonchev–Trinajstić information content (AvgIpc) is 2.85. The molecular weight excluding hydrogens is 340 g/mol. The smallest absolute Gasteiger partial charge is 0.263 e. The van der Waals surface area contributed by atoms with Crippen molar-refractivity contribution in [3.63, 3.8) is 0 Å². The van der Waals surface area contributed by atoms with Crippen molar-refractivity contribution in [2.45, 2.75) is 20.0 Å². The number of carbonyl (C=O) groups is 1. The van der Waals surface area contributed by atoms with Crippen LogP contribution in [0.3, 0.4) is 0 Å². The van der Waals surface area contributed by atoms with Gasteiger partial charge in [0.25, 0.3) is 5.91 Å². The summed E-state index contributed by atoms with van der Waals surface area (Å²) in [5.41, 5.74) is 0.672. The molecule has 1 aliphatic rings. The van der Waals surface area contributed by atoms with E-state index in [0.717, 1.165) is 6.54 Å². The number of aromatic nitrogens is 1. The fourth-order valence-electron chi connectivity index (χ4n) is 2.24. The van der Waals surface area contributed by atoms with E-state index in [0.29, 0.717) is 28.9 Å². The predicted octanol–water partition coefficient (Wildman–Crippen LogP) is 0.274. The molecule has 130 valence electrons. The van der Waals surface area contributed by atoms with Gasteiger partial charge in [-0.1, -0.05) is 11.3 Å². The zero-order valence-electron chi connectivity index (χ0n) is 13.5. The quantitative estimate of drug-likeness (QED) is 0.754. The summed E-state index contributed by atoms with van der Waals surface area (Å²) in [5.74, 6) is -0.218. The zero-order chi connectivity index (χ0) is 17.0. The summed E-state index contributed by atoms with van der Waals surface area (Å²) >= 11 is 1.30. The summed E-state index contributed by atoms with van der Waals surface area (Å²) in [6.07, 6.45) is 0.834. The highest BCUT2D eigenvalue weighted by molar-refractivity contribution is 7.88. The number of thiazole rings is 1. The van der Waals surface area contributed by atoms with E-state index >= 15 is 0 Å². The van der Waals surface area contributed by atoms with Gasteiger partial charge in [-0.05, 0) is 13.8 Å². The van der Waals surface area contributed by atoms with Crippen LogP contribution < -0.4 is 10.6 Å². The molecule has 1 fully saturated rings. The van der Waals surface area contributed by atoms with E-state index in [1.807, 2.05) is 6.92 Å². The van der Waals surface area contributed by atoms with Crippen LogP contribution in [-0.2, 0) is 14.8 Å². The molecule has 2 N–H and O–H groups in total. The summed E-state index contributed by atoms with van der Waals surface area (Å²) in [5, 5.41) is 6.59. The maximum atomic E-state index is 12.2. The number of ether oxygens (including phenoxy) is 1. The first-order valence-electron chi connectivity index (χ1n) is 7.37. The number of amides is 1. The molecule has 10 heteroatoms. The molecule has 0 saturated carbocycles. The molecule has 1 atom stereocenters. The van der Waals surface area contributed by atoms with Crippen molar-refractivity contribution in [3.05, 3.63) is 10.6 Å². The Morgan fingerprint density at radius 3 is 2.91 bits per heavy atom. The van der Waals surface area contributed by atoms with Gasteiger partial charge < -0.3 is 15.4 Å². The Morgan fingerprint density at radius 2 is 2.26 bits per heavy atom. The number of hydrogen-bond acceptors (Lipinski definition) is 7. The van der Waals surface area contributed by atoms with Crippen molar-refractivity contribution in [1.29, 1.82) is 0 Å². The monoisotopic (exact) mass is 362 g/mol. The van der Waals surface area contributed by atoms with Crippen LogP contribution in [0.15, 0.2) is 0 Å². The Bertz CT molecular complexity index is 659. The second-order valence-electron chi connectivity index (χ2n) is 5.29. The van der Waals surface area contributed by atoms with Crippen molar-refractivity contribution >= 4 is 32.4 Å². The molecular formula is C13H22N4O4S2. The Hall–Kier alpha value is -1.23. The van der Waals surface area contributed by atoms with Crippen LogP contribution in [-0.4, -0.2) is 68.8 Å². The van der Waals surface area contributed by atoms with Gasteiger partial charge in [0.2, 0.25) is 10.0 Å². The fourth-order valence-corrected chi connectivity index (χ4v) is 4.03. The predicted molar refractivity (Wildman–Crippen MR) is 89.5 cm³/mol. The maximum absolute atomic E-state index is 12.2. The topological polar surface area (TPSA) is 101 Å². The second-order valence-corrected chi connectivity index (χ2v) is 8.27. The number of sulfonamides is 1. The number of carbonyl (C=O) groups excluding carboxylic acids is 1. The number of morpholine rings is 1. The average molecular weight is 362 g/mol. The van der Waals surface area contributed by atoms with E-state index in [4.69, 9.17) is 4.74 Å². The number of aryl methyl sites for hydroxylation is 1. The van der Waals surface area contributed by atoms with Gasteiger partial charge >= 0.3 is 0 Å². The number of nitrogens with zero attached hydrogens (tertiary/aromatic N) is 2. The number of hydrogen-bond donors (Lipinski definition) is 2. The van der Waals surface area contributed by atoms with Gasteiger partial charge in [-0.2, -0.15) is 4.31 Å². The van der Waals surface area contributed by atoms with Crippen LogP contribution in [0.1, 0.15) is 22.3 Å². The first kappa shape index (κ1) is 18.1. The molecule has 2 heterocycles. The SMILES string of the molecule is CCNc1nc(C)c(C(=O)NCC2CN(S(C)(=O)=O)CCO2)s1. The lowest BCUT2D eigenvalue weighted by Crippen LogP contribution is -2.49. The molecule has 23 heavy (non-hydrogen) atoms. The van der Waals surface area contributed by atoms with E-state index in [9.17, 15) is 13.2 Å². The van der Waals surface area contributed by atoms with Crippen molar-refractivity contribution < 1.29 is 17.9 Å². The molecule has 8 nitrogen and oxygen atoms in total. The molecule has 0 spiro atoms. The van der Waals surface area contributed by atoms with Crippen LogP contribution in [0.25, 0.3) is 0 Å².